The number of nitrogens with one attached hydrogen (secondary N) is 1. The molecule has 0 saturated carbocycles. The number of likely N-dealkylation sites (N-methyl/N-ethyl adjacent to an activating group) is 1. The van der Waals surface area contributed by atoms with Gasteiger partial charge in [0.05, 0.1) is 11.8 Å². The Labute approximate surface area is 177 Å². The van der Waals surface area contributed by atoms with Crippen LogP contribution in [0.4, 0.5) is 0 Å². The second-order valence-corrected chi connectivity index (χ2v) is 8.03. The molecule has 0 spiro atoms. The van der Waals surface area contributed by atoms with Gasteiger partial charge in [0.1, 0.15) is 6.04 Å². The van der Waals surface area contributed by atoms with E-state index in [1.54, 1.807) is 6.92 Å². The Morgan fingerprint density at radius 1 is 1.17 bits per heavy atom. The summed E-state index contributed by atoms with van der Waals surface area (Å²) in [7, 11) is 1.53. The van der Waals surface area contributed by atoms with Gasteiger partial charge in [-0.1, -0.05) is 42.0 Å². The highest BCUT2D eigenvalue weighted by molar-refractivity contribution is 6.05. The molecule has 30 heavy (non-hydrogen) atoms. The van der Waals surface area contributed by atoms with Crippen LogP contribution in [0.25, 0.3) is 0 Å². The number of amides is 4. The van der Waals surface area contributed by atoms with Gasteiger partial charge in [0.15, 0.2) is 0 Å². The summed E-state index contributed by atoms with van der Waals surface area (Å²) in [5.74, 6) is -1.50. The third-order valence-electron chi connectivity index (χ3n) is 6.00. The molecule has 1 aromatic carbocycles. The molecule has 1 N–H and O–H groups in total. The van der Waals surface area contributed by atoms with Gasteiger partial charge in [0.25, 0.3) is 0 Å². The van der Waals surface area contributed by atoms with Gasteiger partial charge in [-0.25, -0.2) is 0 Å². The predicted octanol–water partition coefficient (Wildman–Crippen LogP) is 1.80. The fourth-order valence-electron chi connectivity index (χ4n) is 4.24. The van der Waals surface area contributed by atoms with Crippen LogP contribution in [-0.4, -0.2) is 53.1 Å². The number of likely N-dealkylation sites (tertiary alicyclic amines) is 1. The molecule has 1 aromatic rings. The Balaban J connectivity index is 1.70. The lowest BCUT2D eigenvalue weighted by atomic mass is 9.85. The van der Waals surface area contributed by atoms with E-state index in [2.05, 4.69) is 5.32 Å². The van der Waals surface area contributed by atoms with Crippen LogP contribution in [0.1, 0.15) is 37.3 Å². The maximum Gasteiger partial charge on any atom is 0.242 e. The van der Waals surface area contributed by atoms with Crippen LogP contribution >= 0.6 is 0 Å². The summed E-state index contributed by atoms with van der Waals surface area (Å²) in [6, 6.07) is 7.10. The van der Waals surface area contributed by atoms with Gasteiger partial charge in [-0.3, -0.25) is 24.1 Å². The first kappa shape index (κ1) is 21.7. The normalized spacial score (nSPS) is 21.4. The molecule has 0 bridgehead atoms. The number of fused-ring (bicyclic) bond motifs is 1. The van der Waals surface area contributed by atoms with Crippen molar-refractivity contribution in [2.24, 2.45) is 11.8 Å². The number of allylic oxidation sites excluding steroid dienone is 2. The van der Waals surface area contributed by atoms with Crippen LogP contribution in [0.2, 0.25) is 0 Å². The fraction of sp³-hybridized carbons (Fsp3) is 0.478. The monoisotopic (exact) mass is 411 g/mol. The quantitative estimate of drug-likeness (QED) is 0.548. The van der Waals surface area contributed by atoms with Crippen LogP contribution in [0, 0.1) is 18.8 Å². The smallest absolute Gasteiger partial charge is 0.242 e. The summed E-state index contributed by atoms with van der Waals surface area (Å²) in [6.45, 7) is 3.98. The first-order valence-corrected chi connectivity index (χ1v) is 10.4. The lowest BCUT2D eigenvalue weighted by molar-refractivity contribution is -0.143. The van der Waals surface area contributed by atoms with E-state index in [0.717, 1.165) is 11.1 Å². The first-order valence-electron chi connectivity index (χ1n) is 10.4. The molecule has 0 unspecified atom stereocenters. The molecule has 1 heterocycles. The van der Waals surface area contributed by atoms with Crippen LogP contribution < -0.4 is 5.32 Å². The van der Waals surface area contributed by atoms with Crippen molar-refractivity contribution in [2.45, 2.75) is 45.7 Å². The van der Waals surface area contributed by atoms with Gasteiger partial charge >= 0.3 is 0 Å². The third kappa shape index (κ3) is 4.45. The summed E-state index contributed by atoms with van der Waals surface area (Å²) in [6.07, 6.45) is 5.03. The Morgan fingerprint density at radius 3 is 2.37 bits per heavy atom. The minimum Gasteiger partial charge on any atom is -0.357 e. The minimum absolute atomic E-state index is 0.00248. The molecule has 0 radical (unpaired) electrons. The van der Waals surface area contributed by atoms with Crippen molar-refractivity contribution in [3.05, 3.63) is 47.5 Å². The van der Waals surface area contributed by atoms with Crippen molar-refractivity contribution in [1.29, 1.82) is 0 Å². The number of benzene rings is 1. The number of carbonyl (C=O) groups excluding carboxylic acids is 4. The van der Waals surface area contributed by atoms with E-state index in [-0.39, 0.29) is 55.0 Å². The second-order valence-electron chi connectivity index (χ2n) is 8.03. The highest BCUT2D eigenvalue weighted by atomic mass is 16.2. The number of hydrogen-bond donors (Lipinski definition) is 1. The van der Waals surface area contributed by atoms with E-state index in [0.29, 0.717) is 12.8 Å². The molecule has 7 nitrogen and oxygen atoms in total. The van der Waals surface area contributed by atoms with Crippen molar-refractivity contribution >= 4 is 23.6 Å². The average molecular weight is 412 g/mol. The van der Waals surface area contributed by atoms with Crippen LogP contribution in [0.5, 0.6) is 0 Å². The lowest BCUT2D eigenvalue weighted by Gasteiger charge is -2.29. The zero-order valence-electron chi connectivity index (χ0n) is 17.8. The van der Waals surface area contributed by atoms with Crippen molar-refractivity contribution in [3.63, 3.8) is 0 Å². The van der Waals surface area contributed by atoms with E-state index in [4.69, 9.17) is 0 Å². The van der Waals surface area contributed by atoms with Crippen LogP contribution in [-0.2, 0) is 25.7 Å². The summed E-state index contributed by atoms with van der Waals surface area (Å²) in [5.41, 5.74) is 1.99. The topological polar surface area (TPSA) is 86.8 Å². The molecule has 1 saturated heterocycles. The van der Waals surface area contributed by atoms with Gasteiger partial charge in [0, 0.05) is 26.6 Å². The van der Waals surface area contributed by atoms with E-state index in [1.807, 2.05) is 43.3 Å². The first-order chi connectivity index (χ1) is 14.3. The zero-order valence-corrected chi connectivity index (χ0v) is 17.8. The molecule has 3 rings (SSSR count). The van der Waals surface area contributed by atoms with Gasteiger partial charge in [-0.05, 0) is 32.3 Å². The van der Waals surface area contributed by atoms with Crippen molar-refractivity contribution in [3.8, 4) is 0 Å². The molecule has 1 aliphatic heterocycles. The minimum atomic E-state index is -0.667. The third-order valence-corrected chi connectivity index (χ3v) is 6.00. The van der Waals surface area contributed by atoms with Crippen molar-refractivity contribution in [1.82, 2.24) is 15.1 Å². The summed E-state index contributed by atoms with van der Waals surface area (Å²) >= 11 is 0. The Bertz CT molecular complexity index is 853. The van der Waals surface area contributed by atoms with Crippen molar-refractivity contribution in [2.75, 3.05) is 13.6 Å². The largest absolute Gasteiger partial charge is 0.357 e. The molecule has 1 aliphatic carbocycles. The SMILES string of the molecule is CNC(=O)[C@H](C)N(Cc1cccc(C)c1)C(=O)CCN1C(=O)[C@H]2CC=CC[C@H]2C1=O. The van der Waals surface area contributed by atoms with Gasteiger partial charge in [-0.15, -0.1) is 0 Å². The molecule has 160 valence electrons. The zero-order chi connectivity index (χ0) is 21.8. The Kier molecular flexibility index (Phi) is 6.70. The van der Waals surface area contributed by atoms with Gasteiger partial charge < -0.3 is 10.2 Å². The van der Waals surface area contributed by atoms with E-state index < -0.39 is 6.04 Å². The predicted molar refractivity (Wildman–Crippen MR) is 112 cm³/mol. The summed E-state index contributed by atoms with van der Waals surface area (Å²) in [4.78, 5) is 53.3. The maximum absolute atomic E-state index is 13.1. The van der Waals surface area contributed by atoms with Gasteiger partial charge in [-0.2, -0.15) is 0 Å². The number of aryl methyl sites for hydroxylation is 1. The van der Waals surface area contributed by atoms with Gasteiger partial charge in [0.2, 0.25) is 23.6 Å². The molecular weight excluding hydrogens is 382 g/mol. The highest BCUT2D eigenvalue weighted by Gasteiger charge is 2.47. The number of rotatable bonds is 7. The van der Waals surface area contributed by atoms with E-state index in [9.17, 15) is 19.2 Å². The number of imide groups is 1. The summed E-state index contributed by atoms with van der Waals surface area (Å²) in [5, 5.41) is 2.58. The molecular formula is C23H29N3O4. The molecule has 3 atom stereocenters. The van der Waals surface area contributed by atoms with E-state index >= 15 is 0 Å². The fourth-order valence-corrected chi connectivity index (χ4v) is 4.24. The standard InChI is InChI=1S/C23H29N3O4/c1-15-7-6-8-17(13-15)14-26(16(2)21(28)24-3)20(27)11-12-25-22(29)18-9-4-5-10-19(18)23(25)30/h4-8,13,16,18-19H,9-12,14H2,1-3H3,(H,24,28)/t16-,18-,19+/m0/s1. The number of hydrogen-bond acceptors (Lipinski definition) is 4. The molecule has 1 fully saturated rings. The molecule has 4 amide bonds. The lowest BCUT2D eigenvalue weighted by Crippen LogP contribution is -2.47. The Morgan fingerprint density at radius 2 is 1.80 bits per heavy atom. The second kappa shape index (κ2) is 9.24. The van der Waals surface area contributed by atoms with Crippen molar-refractivity contribution < 1.29 is 19.2 Å². The highest BCUT2D eigenvalue weighted by Crippen LogP contribution is 2.35. The number of carbonyl (C=O) groups is 4. The molecule has 0 aromatic heterocycles. The molecule has 7 heteroatoms. The summed E-state index contributed by atoms with van der Waals surface area (Å²) < 4.78 is 0. The molecule has 2 aliphatic rings. The Hall–Kier alpha value is -2.96. The van der Waals surface area contributed by atoms with Crippen LogP contribution in [0.15, 0.2) is 36.4 Å². The maximum atomic E-state index is 13.1. The van der Waals surface area contributed by atoms with Crippen LogP contribution in [0.3, 0.4) is 0 Å². The average Bonchev–Trinajstić information content (AvgIpc) is 2.99. The number of nitrogens with zero attached hydrogens (tertiary/aromatic N) is 2. The van der Waals surface area contributed by atoms with E-state index in [1.165, 1.54) is 16.8 Å².